The van der Waals surface area contributed by atoms with Crippen LogP contribution in [-0.2, 0) is 77.5 Å². The fourth-order valence-electron chi connectivity index (χ4n) is 13.7. The van der Waals surface area contributed by atoms with Crippen LogP contribution in [0.2, 0.25) is 0 Å². The number of nitrogens with one attached hydrogen (secondary N) is 10. The van der Waals surface area contributed by atoms with E-state index in [0.29, 0.717) is 77.1 Å². The number of amides is 8. The molecule has 0 bridgehead atoms. The van der Waals surface area contributed by atoms with Crippen LogP contribution in [0.4, 0.5) is 20.1 Å². The van der Waals surface area contributed by atoms with Crippen LogP contribution in [-0.4, -0.2) is 225 Å². The van der Waals surface area contributed by atoms with Crippen LogP contribution in [0, 0.1) is 0 Å². The fourth-order valence-corrected chi connectivity index (χ4v) is 16.8. The first-order chi connectivity index (χ1) is 52.9. The molecule has 2 saturated heterocycles. The second-order valence-electron chi connectivity index (χ2n) is 28.2. The number of cyclic esters (lactones) is 1. The molecule has 8 heterocycles. The first kappa shape index (κ1) is 83.0. The SMILES string of the molecule is CCc1c2c(nc3ccc(OC(=O)OC(C)(C)C)cc13)-c1cc3c(c(=O)n1C2)COC(=O)[C@@]3(CC)OC(=O)C(C)NC(=O)NCCOCCOCCNC(=O)Nc1cc(C(=O)NCCOCCNC(=O)CCCC[C@@H]2SC[C@@H]3N=C(N)N[C@@H]32)cc(C(=O)NCCOCCNC(=O)CCCC[C@@H]2SC[C@@H]3N=C(N)N[C@@H]32)c1. The van der Waals surface area contributed by atoms with E-state index in [9.17, 15) is 47.9 Å². The predicted molar refractivity (Wildman–Crippen MR) is 412 cm³/mol. The van der Waals surface area contributed by atoms with Crippen molar-refractivity contribution in [2.24, 2.45) is 21.5 Å². The number of unbranched alkanes of at least 4 members (excludes halogenated alkanes) is 2. The number of hydrogen-bond acceptors (Lipinski definition) is 27. The van der Waals surface area contributed by atoms with Gasteiger partial charge in [0.05, 0.1) is 106 Å². The Morgan fingerprint density at radius 1 is 0.673 bits per heavy atom. The van der Waals surface area contributed by atoms with E-state index in [4.69, 9.17) is 54.3 Å². The quantitative estimate of drug-likeness (QED) is 0.0116. The van der Waals surface area contributed by atoms with Crippen molar-refractivity contribution in [2.45, 2.75) is 171 Å². The number of carbonyl (C=O) groups excluding carboxylic acids is 9. The molecule has 6 aliphatic rings. The summed E-state index contributed by atoms with van der Waals surface area (Å²) in [5.41, 5.74) is 12.1. The van der Waals surface area contributed by atoms with Gasteiger partial charge in [-0.25, -0.2) is 38.9 Å². The number of pyridine rings is 2. The molecule has 14 N–H and O–H groups in total. The first-order valence-corrected chi connectivity index (χ1v) is 39.6. The maximum Gasteiger partial charge on any atom is 0.514 e. The zero-order valence-corrected chi connectivity index (χ0v) is 64.6. The monoisotopic (exact) mass is 1570 g/mol. The van der Waals surface area contributed by atoms with E-state index in [-0.39, 0.29) is 168 Å². The Kier molecular flexibility index (Phi) is 29.7. The van der Waals surface area contributed by atoms with E-state index in [1.165, 1.54) is 25.1 Å². The topological polar surface area (TPSA) is 459 Å². The Bertz CT molecular complexity index is 4030. The van der Waals surface area contributed by atoms with Gasteiger partial charge in [0.1, 0.15) is 24.0 Å². The summed E-state index contributed by atoms with van der Waals surface area (Å²) in [7, 11) is 0. The highest BCUT2D eigenvalue weighted by Crippen LogP contribution is 2.43. The summed E-state index contributed by atoms with van der Waals surface area (Å²) in [6, 6.07) is 9.17. The Hall–Kier alpha value is -9.49. The normalized spacial score (nSPS) is 20.0. The van der Waals surface area contributed by atoms with Gasteiger partial charge in [0.25, 0.3) is 17.4 Å². The lowest BCUT2D eigenvalue weighted by Crippen LogP contribution is -2.51. The number of anilines is 1. The molecule has 1 unspecified atom stereocenters. The van der Waals surface area contributed by atoms with Gasteiger partial charge in [-0.3, -0.25) is 24.0 Å². The minimum Gasteiger partial charge on any atom is -0.457 e. The summed E-state index contributed by atoms with van der Waals surface area (Å²) in [5, 5.41) is 29.8. The molecule has 6 aliphatic heterocycles. The van der Waals surface area contributed by atoms with Crippen molar-refractivity contribution in [3.63, 3.8) is 0 Å². The van der Waals surface area contributed by atoms with Crippen molar-refractivity contribution in [2.75, 3.05) is 109 Å². The average Bonchev–Trinajstić information content (AvgIpc) is 1.47. The second kappa shape index (κ2) is 39.4. The number of urea groups is 2. The number of esters is 2. The molecule has 34 nitrogen and oxygen atoms in total. The maximum absolute atomic E-state index is 14.4. The van der Waals surface area contributed by atoms with Crippen molar-refractivity contribution >= 4 is 106 Å². The molecule has 0 spiro atoms. The van der Waals surface area contributed by atoms with E-state index in [0.717, 1.165) is 61.2 Å². The van der Waals surface area contributed by atoms with Crippen LogP contribution in [0.1, 0.15) is 142 Å². The number of benzene rings is 2. The molecule has 2 fully saturated rings. The number of rotatable bonds is 40. The fraction of sp³-hybridized carbons (Fsp3) is 0.581. The summed E-state index contributed by atoms with van der Waals surface area (Å²) < 4.78 is 46.4. The van der Waals surface area contributed by atoms with Crippen LogP contribution in [0.5, 0.6) is 5.75 Å². The minimum absolute atomic E-state index is 0.0251. The smallest absolute Gasteiger partial charge is 0.457 e. The third-order valence-corrected chi connectivity index (χ3v) is 22.1. The number of ether oxygens (including phenoxy) is 8. The lowest BCUT2D eigenvalue weighted by atomic mass is 9.85. The zero-order chi connectivity index (χ0) is 78.5. The van der Waals surface area contributed by atoms with Crippen molar-refractivity contribution in [1.29, 1.82) is 0 Å². The van der Waals surface area contributed by atoms with Gasteiger partial charge in [-0.05, 0) is 114 Å². The van der Waals surface area contributed by atoms with Gasteiger partial charge >= 0.3 is 30.2 Å². The number of aryl methyl sites for hydroxylation is 1. The van der Waals surface area contributed by atoms with Crippen LogP contribution < -0.4 is 74.9 Å². The summed E-state index contributed by atoms with van der Waals surface area (Å²) in [4.78, 5) is 147. The molecule has 0 aliphatic carbocycles. The van der Waals surface area contributed by atoms with E-state index in [1.54, 1.807) is 56.5 Å². The number of carbonyl (C=O) groups is 9. The molecule has 2 aromatic carbocycles. The van der Waals surface area contributed by atoms with Crippen LogP contribution >= 0.6 is 23.5 Å². The molecule has 4 aromatic rings. The molecule has 8 atom stereocenters. The number of hydrogen-bond donors (Lipinski definition) is 12. The Balaban J connectivity index is 0.618. The lowest BCUT2D eigenvalue weighted by Gasteiger charge is -2.36. The van der Waals surface area contributed by atoms with Crippen LogP contribution in [0.25, 0.3) is 22.3 Å². The minimum atomic E-state index is -2.04. The van der Waals surface area contributed by atoms with Gasteiger partial charge in [-0.2, -0.15) is 23.5 Å². The van der Waals surface area contributed by atoms with Gasteiger partial charge in [0.15, 0.2) is 11.9 Å². The molecule has 110 heavy (non-hydrogen) atoms. The molecular formula is C74H102N16O18S2. The summed E-state index contributed by atoms with van der Waals surface area (Å²) >= 11 is 3.78. The Morgan fingerprint density at radius 3 is 1.75 bits per heavy atom. The van der Waals surface area contributed by atoms with Crippen molar-refractivity contribution in [3.05, 3.63) is 86.2 Å². The second-order valence-corrected chi connectivity index (χ2v) is 30.8. The number of nitrogens with two attached hydrogens (primary N) is 2. The summed E-state index contributed by atoms with van der Waals surface area (Å²) in [5.74, 6) is 0.0758. The van der Waals surface area contributed by atoms with Gasteiger partial charge in [-0.1, -0.05) is 26.7 Å². The number of aliphatic imine (C=N–C) groups is 2. The largest absolute Gasteiger partial charge is 0.514 e. The molecular weight excluding hydrogens is 1470 g/mol. The molecule has 10 rings (SSSR count). The van der Waals surface area contributed by atoms with Crippen molar-refractivity contribution < 1.29 is 81.0 Å². The van der Waals surface area contributed by atoms with Crippen molar-refractivity contribution in [1.82, 2.24) is 57.4 Å². The predicted octanol–water partition coefficient (Wildman–Crippen LogP) is 3.44. The molecule has 598 valence electrons. The van der Waals surface area contributed by atoms with Crippen LogP contribution in [0.3, 0.4) is 0 Å². The summed E-state index contributed by atoms with van der Waals surface area (Å²) in [6.45, 7) is 11.9. The number of thioether (sulfide) groups is 2. The zero-order valence-electron chi connectivity index (χ0n) is 63.0. The Labute approximate surface area is 645 Å². The maximum atomic E-state index is 14.4. The molecule has 2 aromatic heterocycles. The third kappa shape index (κ3) is 22.4. The molecule has 0 radical (unpaired) electrons. The number of aromatic nitrogens is 2. The molecule has 0 saturated carbocycles. The third-order valence-electron chi connectivity index (χ3n) is 19.1. The van der Waals surface area contributed by atoms with Crippen molar-refractivity contribution in [3.8, 4) is 17.1 Å². The van der Waals surface area contributed by atoms with E-state index < -0.39 is 64.8 Å². The van der Waals surface area contributed by atoms with Gasteiger partial charge in [-0.15, -0.1) is 0 Å². The van der Waals surface area contributed by atoms with Gasteiger partial charge in [0.2, 0.25) is 17.4 Å². The molecule has 36 heteroatoms. The number of fused-ring (bicyclic) bond motifs is 7. The standard InChI is InChI=1S/C74H102N16O18S2/c1-7-47-48-36-46(106-72(100)108-73(4,5)6)17-18-52(48)85-60-49(47)38-90-55(60)37-51-50(65(90)95)39-105-67(97)74(51,8-2)107-66(96)42(3)83-70(98)81-23-29-103-31-32-104-30-24-82-71(99)84-45-34-43(63(93)79-21-27-101-25-19-77-58(91)15-11-9-13-56-61-53(40-109-56)86-68(75)88-61)33-44(35-45)64(94)80-22-28-102-26-20-78-59(92)16-12-10-14-57-62-54(41-110-57)87-69(76)89-62/h17-18,33-37,42,53-54,56-57,61-62H,7-16,19-32,38-41H2,1-6H3,(H,77,91)(H,78,92)(H,79,93)(H,80,94)(H3,75,86,88)(H3,76,87,89)(H2,81,83,98)(H2,82,84,99)/t42?,53-,54-,56-,57-,61-,62-,74-/m0/s1. The Morgan fingerprint density at radius 2 is 1.21 bits per heavy atom. The van der Waals surface area contributed by atoms with E-state index in [1.807, 2.05) is 30.4 Å². The van der Waals surface area contributed by atoms with Gasteiger partial charge < -0.3 is 107 Å². The first-order valence-electron chi connectivity index (χ1n) is 37.5. The lowest BCUT2D eigenvalue weighted by molar-refractivity contribution is -0.190. The summed E-state index contributed by atoms with van der Waals surface area (Å²) in [6.07, 6.45) is 5.64. The van der Waals surface area contributed by atoms with Gasteiger partial charge in [0, 0.05) is 107 Å². The number of nitrogens with zero attached hydrogens (tertiary/aromatic N) is 4. The highest BCUT2D eigenvalue weighted by atomic mass is 32.2. The van der Waals surface area contributed by atoms with E-state index >= 15 is 0 Å². The molecule has 8 amide bonds. The van der Waals surface area contributed by atoms with Crippen LogP contribution in [0.15, 0.2) is 57.2 Å². The average molecular weight is 1570 g/mol. The van der Waals surface area contributed by atoms with E-state index in [2.05, 4.69) is 63.2 Å². The highest BCUT2D eigenvalue weighted by Gasteiger charge is 2.51. The highest BCUT2D eigenvalue weighted by molar-refractivity contribution is 8.00. The number of guanidine groups is 2.